The number of nitrogens with one attached hydrogen (secondary N) is 1. The van der Waals surface area contributed by atoms with Crippen molar-refractivity contribution in [3.8, 4) is 0 Å². The third-order valence-corrected chi connectivity index (χ3v) is 3.23. The second-order valence-corrected chi connectivity index (χ2v) is 4.59. The summed E-state index contributed by atoms with van der Waals surface area (Å²) in [5.74, 6) is 0. The summed E-state index contributed by atoms with van der Waals surface area (Å²) in [4.78, 5) is 16.5. The maximum atomic E-state index is 11.6. The molecule has 0 fully saturated rings. The van der Waals surface area contributed by atoms with Crippen molar-refractivity contribution in [3.05, 3.63) is 46.1 Å². The van der Waals surface area contributed by atoms with Crippen molar-refractivity contribution >= 4 is 38.9 Å². The Labute approximate surface area is 106 Å². The predicted molar refractivity (Wildman–Crippen MR) is 72.3 cm³/mol. The molecule has 0 unspecified atom stereocenters. The van der Waals surface area contributed by atoms with E-state index in [0.717, 1.165) is 5.69 Å². The quantitative estimate of drug-likeness (QED) is 0.691. The summed E-state index contributed by atoms with van der Waals surface area (Å²) in [7, 11) is 0. The Kier molecular flexibility index (Phi) is 2.49. The van der Waals surface area contributed by atoms with Crippen LogP contribution in [0.4, 0.5) is 17.4 Å². The molecule has 3 rings (SSSR count). The van der Waals surface area contributed by atoms with Crippen molar-refractivity contribution in [2.45, 2.75) is 0 Å². The van der Waals surface area contributed by atoms with Gasteiger partial charge in [-0.05, 0) is 35.7 Å². The van der Waals surface area contributed by atoms with Crippen LogP contribution in [0.25, 0.3) is 10.2 Å². The number of nitrogens with two attached hydrogens (primary N) is 1. The number of nitrogens with zero attached hydrogens (tertiary/aromatic N) is 1. The second kappa shape index (κ2) is 4.15. The first-order chi connectivity index (χ1) is 8.72. The van der Waals surface area contributed by atoms with Gasteiger partial charge in [0.15, 0.2) is 0 Å². The molecule has 0 spiro atoms. The van der Waals surface area contributed by atoms with E-state index in [0.29, 0.717) is 15.9 Å². The summed E-state index contributed by atoms with van der Waals surface area (Å²) in [6.07, 6.45) is 0. The van der Waals surface area contributed by atoms with Crippen molar-refractivity contribution < 1.29 is 4.42 Å². The molecule has 0 saturated carbocycles. The van der Waals surface area contributed by atoms with E-state index in [1.165, 1.54) is 11.3 Å². The Morgan fingerprint density at radius 3 is 2.78 bits per heavy atom. The molecule has 6 heteroatoms. The summed E-state index contributed by atoms with van der Waals surface area (Å²) in [6.45, 7) is 0. The van der Waals surface area contributed by atoms with Gasteiger partial charge in [0, 0.05) is 11.4 Å². The molecule has 0 atom stereocenters. The molecule has 2 aromatic heterocycles. The summed E-state index contributed by atoms with van der Waals surface area (Å²) < 4.78 is 5.08. The maximum absolute atomic E-state index is 11.6. The van der Waals surface area contributed by atoms with E-state index >= 15 is 0 Å². The van der Waals surface area contributed by atoms with Gasteiger partial charge < -0.3 is 15.5 Å². The zero-order chi connectivity index (χ0) is 12.5. The Morgan fingerprint density at radius 2 is 2.00 bits per heavy atom. The first kappa shape index (κ1) is 10.8. The number of rotatable bonds is 2. The smallest absolute Gasteiger partial charge is 0.349 e. The van der Waals surface area contributed by atoms with Gasteiger partial charge >= 0.3 is 11.6 Å². The van der Waals surface area contributed by atoms with Crippen LogP contribution in [0, 0.1) is 0 Å². The lowest BCUT2D eigenvalue weighted by Crippen LogP contribution is -2.03. The Balaban J connectivity index is 1.99. The largest absolute Gasteiger partial charge is 0.399 e. The third kappa shape index (κ3) is 1.93. The van der Waals surface area contributed by atoms with E-state index in [9.17, 15) is 4.79 Å². The number of anilines is 3. The lowest BCUT2D eigenvalue weighted by molar-refractivity contribution is 0.522. The van der Waals surface area contributed by atoms with E-state index in [2.05, 4.69) is 10.3 Å². The lowest BCUT2D eigenvalue weighted by Gasteiger charge is -2.03. The number of fused-ring (bicyclic) bond motifs is 1. The highest BCUT2D eigenvalue weighted by Crippen LogP contribution is 2.20. The van der Waals surface area contributed by atoms with Crippen LogP contribution < -0.4 is 16.7 Å². The highest BCUT2D eigenvalue weighted by molar-refractivity contribution is 7.16. The van der Waals surface area contributed by atoms with Crippen LogP contribution in [-0.2, 0) is 0 Å². The molecule has 0 aliphatic heterocycles. The van der Waals surface area contributed by atoms with Crippen molar-refractivity contribution in [2.75, 3.05) is 11.1 Å². The molecule has 0 amide bonds. The number of hydrogen-bond acceptors (Lipinski definition) is 6. The molecule has 0 radical (unpaired) electrons. The zero-order valence-corrected chi connectivity index (χ0v) is 10.0. The molecular weight excluding hydrogens is 250 g/mol. The van der Waals surface area contributed by atoms with Gasteiger partial charge in [0.1, 0.15) is 4.83 Å². The summed E-state index contributed by atoms with van der Waals surface area (Å²) in [6, 6.07) is 8.96. The molecule has 5 nitrogen and oxygen atoms in total. The van der Waals surface area contributed by atoms with Gasteiger partial charge in [0.2, 0.25) is 0 Å². The van der Waals surface area contributed by atoms with Crippen molar-refractivity contribution in [1.82, 2.24) is 4.98 Å². The van der Waals surface area contributed by atoms with Crippen LogP contribution in [0.1, 0.15) is 0 Å². The van der Waals surface area contributed by atoms with E-state index in [1.54, 1.807) is 30.3 Å². The molecule has 18 heavy (non-hydrogen) atoms. The van der Waals surface area contributed by atoms with Crippen molar-refractivity contribution in [1.29, 1.82) is 0 Å². The van der Waals surface area contributed by atoms with Gasteiger partial charge in [0.25, 0.3) is 0 Å². The van der Waals surface area contributed by atoms with Gasteiger partial charge in [-0.1, -0.05) is 0 Å². The summed E-state index contributed by atoms with van der Waals surface area (Å²) >= 11 is 1.40. The monoisotopic (exact) mass is 259 g/mol. The van der Waals surface area contributed by atoms with Crippen LogP contribution in [0.3, 0.4) is 0 Å². The maximum Gasteiger partial charge on any atom is 0.349 e. The SMILES string of the molecule is Nc1ccc(Nc2nc3sccc3c(=O)o2)cc1. The topological polar surface area (TPSA) is 81.1 Å². The van der Waals surface area contributed by atoms with Crippen LogP contribution in [0.15, 0.2) is 44.9 Å². The van der Waals surface area contributed by atoms with E-state index in [1.807, 2.05) is 5.38 Å². The Morgan fingerprint density at radius 1 is 1.22 bits per heavy atom. The van der Waals surface area contributed by atoms with E-state index in [4.69, 9.17) is 10.2 Å². The molecule has 0 saturated heterocycles. The minimum Gasteiger partial charge on any atom is -0.399 e. The number of aromatic nitrogens is 1. The van der Waals surface area contributed by atoms with Crippen molar-refractivity contribution in [3.63, 3.8) is 0 Å². The first-order valence-electron chi connectivity index (χ1n) is 5.23. The average Bonchev–Trinajstić information content (AvgIpc) is 2.81. The molecule has 90 valence electrons. The summed E-state index contributed by atoms with van der Waals surface area (Å²) in [5, 5.41) is 5.24. The van der Waals surface area contributed by atoms with Crippen LogP contribution >= 0.6 is 11.3 Å². The predicted octanol–water partition coefficient (Wildman–Crippen LogP) is 2.58. The van der Waals surface area contributed by atoms with Gasteiger partial charge in [-0.2, -0.15) is 4.98 Å². The fourth-order valence-electron chi connectivity index (χ4n) is 1.54. The number of thiophene rings is 1. The fraction of sp³-hybridized carbons (Fsp3) is 0. The van der Waals surface area contributed by atoms with Crippen LogP contribution in [0.2, 0.25) is 0 Å². The number of benzene rings is 1. The molecule has 1 aromatic carbocycles. The van der Waals surface area contributed by atoms with Crippen LogP contribution in [-0.4, -0.2) is 4.98 Å². The molecule has 2 heterocycles. The third-order valence-electron chi connectivity index (χ3n) is 2.42. The van der Waals surface area contributed by atoms with Gasteiger partial charge in [-0.15, -0.1) is 11.3 Å². The van der Waals surface area contributed by atoms with Gasteiger partial charge in [-0.25, -0.2) is 4.79 Å². The highest BCUT2D eigenvalue weighted by atomic mass is 32.1. The normalized spacial score (nSPS) is 10.7. The molecule has 0 aliphatic rings. The highest BCUT2D eigenvalue weighted by Gasteiger charge is 2.07. The summed E-state index contributed by atoms with van der Waals surface area (Å²) in [5.41, 5.74) is 6.63. The standard InChI is InChI=1S/C12H9N3O2S/c13-7-1-3-8(4-2-7)14-12-15-10-9(5-6-18-10)11(16)17-12/h1-6H,13H2,(H,14,15). The van der Waals surface area contributed by atoms with Crippen LogP contribution in [0.5, 0.6) is 0 Å². The number of hydrogen-bond donors (Lipinski definition) is 2. The molecule has 3 aromatic rings. The average molecular weight is 259 g/mol. The minimum atomic E-state index is -0.390. The van der Waals surface area contributed by atoms with Crippen molar-refractivity contribution in [2.24, 2.45) is 0 Å². The lowest BCUT2D eigenvalue weighted by atomic mass is 10.3. The van der Waals surface area contributed by atoms with Gasteiger partial charge in [0.05, 0.1) is 5.39 Å². The molecule has 0 bridgehead atoms. The number of nitrogen functional groups attached to an aromatic ring is 1. The Hall–Kier alpha value is -2.34. The molecular formula is C12H9N3O2S. The molecule has 3 N–H and O–H groups in total. The fourth-order valence-corrected chi connectivity index (χ4v) is 2.29. The van der Waals surface area contributed by atoms with Gasteiger partial charge in [-0.3, -0.25) is 0 Å². The minimum absolute atomic E-state index is 0.180. The van der Waals surface area contributed by atoms with E-state index in [-0.39, 0.29) is 11.6 Å². The second-order valence-electron chi connectivity index (χ2n) is 3.69. The van der Waals surface area contributed by atoms with E-state index < -0.39 is 0 Å². The first-order valence-corrected chi connectivity index (χ1v) is 6.11. The Bertz CT molecular complexity index is 746. The molecule has 0 aliphatic carbocycles. The zero-order valence-electron chi connectivity index (χ0n) is 9.21.